The Labute approximate surface area is 293 Å². The molecular formula is C36H42F2N6O7. The standard InChI is InChI=1S/C36H42F2N6O7/c1-36(2,3)33(32-24(19-23-9-5-4-6-10-23)21-44(41-32)28-20-25(37)11-12-26(28)38)43(31(48)22-45)18-15-27(40-35(50)51)34(49)39-16-7-8-17-42-29(46)13-14-30(42)47/h4-6,9-14,20-21,27,33,40,45H,7-8,15-19,22H2,1-3H3,(H,39,49)(H,50,51). The first kappa shape index (κ1) is 38.4. The smallest absolute Gasteiger partial charge is 0.405 e. The van der Waals surface area contributed by atoms with Gasteiger partial charge in [-0.25, -0.2) is 18.3 Å². The van der Waals surface area contributed by atoms with Gasteiger partial charge in [-0.3, -0.25) is 24.1 Å². The number of hydrogen-bond donors (Lipinski definition) is 4. The minimum atomic E-state index is -1.47. The number of aliphatic hydroxyl groups excluding tert-OH is 1. The number of halogens is 2. The molecule has 15 heteroatoms. The summed E-state index contributed by atoms with van der Waals surface area (Å²) in [4.78, 5) is 64.2. The third-order valence-corrected chi connectivity index (χ3v) is 8.34. The molecule has 2 heterocycles. The van der Waals surface area contributed by atoms with Crippen molar-refractivity contribution in [3.8, 4) is 5.69 Å². The number of nitrogens with one attached hydrogen (secondary N) is 2. The topological polar surface area (TPSA) is 174 Å². The highest BCUT2D eigenvalue weighted by Crippen LogP contribution is 2.40. The van der Waals surface area contributed by atoms with Crippen molar-refractivity contribution in [3.05, 3.63) is 95.3 Å². The monoisotopic (exact) mass is 708 g/mol. The molecule has 51 heavy (non-hydrogen) atoms. The molecule has 0 fully saturated rings. The molecule has 0 radical (unpaired) electrons. The van der Waals surface area contributed by atoms with Crippen molar-refractivity contribution >= 4 is 29.7 Å². The molecule has 5 amide bonds. The van der Waals surface area contributed by atoms with Crippen LogP contribution in [0.3, 0.4) is 0 Å². The number of hydrogen-bond acceptors (Lipinski definition) is 7. The molecule has 0 saturated carbocycles. The van der Waals surface area contributed by atoms with E-state index in [1.807, 2.05) is 51.1 Å². The molecule has 2 atom stereocenters. The summed E-state index contributed by atoms with van der Waals surface area (Å²) in [7, 11) is 0. The minimum absolute atomic E-state index is 0.126. The quantitative estimate of drug-likeness (QED) is 0.129. The van der Waals surface area contributed by atoms with Gasteiger partial charge in [0.15, 0.2) is 0 Å². The van der Waals surface area contributed by atoms with Gasteiger partial charge in [0, 0.05) is 56.0 Å². The van der Waals surface area contributed by atoms with Gasteiger partial charge in [0.1, 0.15) is 30.0 Å². The van der Waals surface area contributed by atoms with E-state index in [0.29, 0.717) is 30.5 Å². The van der Waals surface area contributed by atoms with E-state index in [4.69, 9.17) is 0 Å². The largest absolute Gasteiger partial charge is 0.465 e. The zero-order valence-electron chi connectivity index (χ0n) is 28.6. The van der Waals surface area contributed by atoms with Crippen molar-refractivity contribution in [1.82, 2.24) is 30.2 Å². The van der Waals surface area contributed by atoms with E-state index in [9.17, 15) is 43.0 Å². The van der Waals surface area contributed by atoms with Crippen LogP contribution >= 0.6 is 0 Å². The van der Waals surface area contributed by atoms with Crippen molar-refractivity contribution in [2.24, 2.45) is 5.41 Å². The van der Waals surface area contributed by atoms with Crippen LogP contribution in [-0.2, 0) is 25.6 Å². The number of carboxylic acid groups (broad SMARTS) is 1. The van der Waals surface area contributed by atoms with E-state index in [-0.39, 0.29) is 31.7 Å². The number of carbonyl (C=O) groups excluding carboxylic acids is 4. The molecule has 1 aliphatic heterocycles. The van der Waals surface area contributed by atoms with Crippen LogP contribution in [0.1, 0.15) is 62.9 Å². The predicted molar refractivity (Wildman–Crippen MR) is 181 cm³/mol. The Morgan fingerprint density at radius 2 is 1.69 bits per heavy atom. The van der Waals surface area contributed by atoms with Gasteiger partial charge in [-0.15, -0.1) is 0 Å². The molecule has 1 aromatic heterocycles. The lowest BCUT2D eigenvalue weighted by Crippen LogP contribution is -2.50. The fourth-order valence-corrected chi connectivity index (χ4v) is 5.97. The molecule has 4 rings (SSSR count). The number of rotatable bonds is 16. The summed E-state index contributed by atoms with van der Waals surface area (Å²) in [5, 5.41) is 29.1. The Balaban J connectivity index is 1.60. The van der Waals surface area contributed by atoms with E-state index in [1.165, 1.54) is 21.7 Å². The van der Waals surface area contributed by atoms with Gasteiger partial charge < -0.3 is 25.7 Å². The summed E-state index contributed by atoms with van der Waals surface area (Å²) < 4.78 is 30.4. The average Bonchev–Trinajstić information content (AvgIpc) is 3.63. The molecule has 4 N–H and O–H groups in total. The third-order valence-electron chi connectivity index (χ3n) is 8.34. The molecule has 0 spiro atoms. The molecule has 0 aliphatic carbocycles. The highest BCUT2D eigenvalue weighted by atomic mass is 19.1. The normalized spacial score (nSPS) is 14.0. The molecular weight excluding hydrogens is 666 g/mol. The molecule has 13 nitrogen and oxygen atoms in total. The Morgan fingerprint density at radius 1 is 1.00 bits per heavy atom. The summed E-state index contributed by atoms with van der Waals surface area (Å²) in [6.07, 6.45) is 3.37. The van der Waals surface area contributed by atoms with E-state index in [1.54, 1.807) is 6.20 Å². The van der Waals surface area contributed by atoms with Gasteiger partial charge in [-0.1, -0.05) is 51.1 Å². The molecule has 2 unspecified atom stereocenters. The van der Waals surface area contributed by atoms with Crippen LogP contribution in [0.4, 0.5) is 13.6 Å². The maximum Gasteiger partial charge on any atom is 0.405 e. The Bertz CT molecular complexity index is 1750. The van der Waals surface area contributed by atoms with Gasteiger partial charge in [-0.05, 0) is 42.4 Å². The Morgan fingerprint density at radius 3 is 2.31 bits per heavy atom. The molecule has 0 saturated heterocycles. The molecule has 3 aromatic rings. The SMILES string of the molecule is CC(C)(C)C(c1nn(-c2cc(F)ccc2F)cc1Cc1ccccc1)N(CCC(NC(=O)O)C(=O)NCCCCN1C(=O)C=CC1=O)C(=O)CO. The van der Waals surface area contributed by atoms with Crippen molar-refractivity contribution in [2.75, 3.05) is 26.2 Å². The van der Waals surface area contributed by atoms with Crippen LogP contribution < -0.4 is 10.6 Å². The first-order valence-corrected chi connectivity index (χ1v) is 16.5. The molecule has 2 aromatic carbocycles. The zero-order valence-corrected chi connectivity index (χ0v) is 28.6. The van der Waals surface area contributed by atoms with Crippen LogP contribution in [0, 0.1) is 17.0 Å². The number of amides is 5. The fraction of sp³-hybridized carbons (Fsp3) is 0.389. The zero-order chi connectivity index (χ0) is 37.3. The van der Waals surface area contributed by atoms with Crippen LogP contribution in [0.2, 0.25) is 0 Å². The van der Waals surface area contributed by atoms with E-state index >= 15 is 0 Å². The molecule has 0 bridgehead atoms. The lowest BCUT2D eigenvalue weighted by atomic mass is 9.81. The lowest BCUT2D eigenvalue weighted by Gasteiger charge is -2.40. The number of carbonyl (C=O) groups is 5. The fourth-order valence-electron chi connectivity index (χ4n) is 5.97. The summed E-state index contributed by atoms with van der Waals surface area (Å²) in [6.45, 7) is 4.70. The van der Waals surface area contributed by atoms with Gasteiger partial charge in [0.25, 0.3) is 11.8 Å². The van der Waals surface area contributed by atoms with Crippen molar-refractivity contribution in [1.29, 1.82) is 0 Å². The average molecular weight is 709 g/mol. The minimum Gasteiger partial charge on any atom is -0.465 e. The number of unbranched alkanes of at least 4 members (excludes halogenated alkanes) is 1. The molecule has 1 aliphatic rings. The number of aliphatic hydroxyl groups is 1. The van der Waals surface area contributed by atoms with Crippen molar-refractivity contribution in [3.63, 3.8) is 0 Å². The second kappa shape index (κ2) is 17.0. The number of nitrogens with zero attached hydrogens (tertiary/aromatic N) is 4. The van der Waals surface area contributed by atoms with Crippen molar-refractivity contribution in [2.45, 2.75) is 58.5 Å². The van der Waals surface area contributed by atoms with Gasteiger partial charge >= 0.3 is 6.09 Å². The lowest BCUT2D eigenvalue weighted by molar-refractivity contribution is -0.140. The Kier molecular flexibility index (Phi) is 12.8. The maximum absolute atomic E-state index is 15.0. The van der Waals surface area contributed by atoms with Crippen molar-refractivity contribution < 1.29 is 43.0 Å². The van der Waals surface area contributed by atoms with E-state index < -0.39 is 65.5 Å². The Hall–Kier alpha value is -5.44. The van der Waals surface area contributed by atoms with E-state index in [2.05, 4.69) is 15.7 Å². The maximum atomic E-state index is 15.0. The summed E-state index contributed by atoms with van der Waals surface area (Å²) in [6, 6.07) is 10.1. The van der Waals surface area contributed by atoms with E-state index in [0.717, 1.165) is 28.7 Å². The van der Waals surface area contributed by atoms with Gasteiger partial charge in [0.2, 0.25) is 11.8 Å². The third kappa shape index (κ3) is 10.1. The number of benzene rings is 2. The molecule has 272 valence electrons. The first-order valence-electron chi connectivity index (χ1n) is 16.5. The van der Waals surface area contributed by atoms with Crippen LogP contribution in [0.5, 0.6) is 0 Å². The number of aromatic nitrogens is 2. The second-order valence-corrected chi connectivity index (χ2v) is 13.2. The van der Waals surface area contributed by atoms with Crippen LogP contribution in [0.15, 0.2) is 66.9 Å². The highest BCUT2D eigenvalue weighted by Gasteiger charge is 2.39. The second-order valence-electron chi connectivity index (χ2n) is 13.2. The summed E-state index contributed by atoms with van der Waals surface area (Å²) in [5.41, 5.74) is 0.881. The number of imide groups is 1. The first-order chi connectivity index (χ1) is 24.2. The van der Waals surface area contributed by atoms with Gasteiger partial charge in [0.05, 0.1) is 11.7 Å². The van der Waals surface area contributed by atoms with Gasteiger partial charge in [-0.2, -0.15) is 5.10 Å². The highest BCUT2D eigenvalue weighted by molar-refractivity contribution is 6.12. The summed E-state index contributed by atoms with van der Waals surface area (Å²) in [5.74, 6) is -3.61. The predicted octanol–water partition coefficient (Wildman–Crippen LogP) is 3.50. The van der Waals surface area contributed by atoms with Crippen LogP contribution in [0.25, 0.3) is 5.69 Å². The summed E-state index contributed by atoms with van der Waals surface area (Å²) >= 11 is 0. The van der Waals surface area contributed by atoms with Crippen LogP contribution in [-0.4, -0.2) is 91.8 Å².